The Kier molecular flexibility index (Phi) is 3.40. The lowest BCUT2D eigenvalue weighted by Gasteiger charge is -1.91. The number of furan rings is 1. The Hall–Kier alpha value is -1.23. The molecule has 0 bridgehead atoms. The SMILES string of the molecule is CSC(=O)N/N=C\c1ccco1. The van der Waals surface area contributed by atoms with Crippen molar-refractivity contribution < 1.29 is 9.21 Å². The fourth-order valence-corrected chi connectivity index (χ4v) is 0.703. The molecule has 0 unspecified atom stereocenters. The van der Waals surface area contributed by atoms with Gasteiger partial charge < -0.3 is 4.42 Å². The van der Waals surface area contributed by atoms with Crippen LogP contribution in [-0.4, -0.2) is 17.7 Å². The number of hydrogen-bond acceptors (Lipinski definition) is 4. The fourth-order valence-electron chi connectivity index (χ4n) is 0.559. The van der Waals surface area contributed by atoms with Crippen molar-refractivity contribution in [2.24, 2.45) is 5.10 Å². The normalized spacial score (nSPS) is 10.4. The number of hydrazone groups is 1. The van der Waals surface area contributed by atoms with Crippen LogP contribution in [0, 0.1) is 0 Å². The van der Waals surface area contributed by atoms with Crippen LogP contribution in [-0.2, 0) is 0 Å². The second kappa shape index (κ2) is 4.61. The van der Waals surface area contributed by atoms with E-state index in [9.17, 15) is 4.79 Å². The van der Waals surface area contributed by atoms with E-state index in [1.54, 1.807) is 18.4 Å². The fraction of sp³-hybridized carbons (Fsp3) is 0.143. The number of rotatable bonds is 2. The lowest BCUT2D eigenvalue weighted by molar-refractivity contribution is 0.261. The van der Waals surface area contributed by atoms with Gasteiger partial charge in [-0.15, -0.1) is 0 Å². The molecule has 1 aromatic heterocycles. The van der Waals surface area contributed by atoms with E-state index in [1.807, 2.05) is 0 Å². The Balaban J connectivity index is 2.37. The van der Waals surface area contributed by atoms with E-state index in [4.69, 9.17) is 4.42 Å². The largest absolute Gasteiger partial charge is 0.463 e. The number of carbonyl (C=O) groups excluding carboxylic acids is 1. The second-order valence-corrected chi connectivity index (χ2v) is 2.66. The molecule has 1 N–H and O–H groups in total. The van der Waals surface area contributed by atoms with Crippen LogP contribution in [0.3, 0.4) is 0 Å². The van der Waals surface area contributed by atoms with Crippen LogP contribution in [0.15, 0.2) is 27.9 Å². The van der Waals surface area contributed by atoms with Gasteiger partial charge in [-0.2, -0.15) is 5.10 Å². The van der Waals surface area contributed by atoms with Gasteiger partial charge in [0.05, 0.1) is 12.5 Å². The summed E-state index contributed by atoms with van der Waals surface area (Å²) in [7, 11) is 0. The Morgan fingerprint density at radius 2 is 2.67 bits per heavy atom. The molecule has 0 aromatic carbocycles. The molecule has 4 nitrogen and oxygen atoms in total. The van der Waals surface area contributed by atoms with Crippen molar-refractivity contribution in [2.45, 2.75) is 0 Å². The molecule has 0 fully saturated rings. The molecule has 1 aromatic rings. The number of hydrogen-bond donors (Lipinski definition) is 1. The molecule has 1 rings (SSSR count). The number of thioether (sulfide) groups is 1. The second-order valence-electron chi connectivity index (χ2n) is 1.88. The molecule has 5 heteroatoms. The number of nitrogens with one attached hydrogen (secondary N) is 1. The minimum atomic E-state index is -0.196. The monoisotopic (exact) mass is 184 g/mol. The van der Waals surface area contributed by atoms with Crippen LogP contribution < -0.4 is 5.43 Å². The predicted octanol–water partition coefficient (Wildman–Crippen LogP) is 1.69. The standard InChI is InChI=1S/C7H8N2O2S/c1-12-7(10)9-8-5-6-3-2-4-11-6/h2-5H,1H3,(H,9,10)/b8-5-. The van der Waals surface area contributed by atoms with Crippen LogP contribution in [0.2, 0.25) is 0 Å². The number of amides is 1. The van der Waals surface area contributed by atoms with E-state index in [1.165, 1.54) is 12.5 Å². The molecule has 0 aliphatic carbocycles. The van der Waals surface area contributed by atoms with Gasteiger partial charge in [-0.25, -0.2) is 5.43 Å². The first-order valence-corrected chi connectivity index (χ1v) is 4.46. The molecular formula is C7H8N2O2S. The first-order valence-electron chi connectivity index (χ1n) is 3.23. The van der Waals surface area contributed by atoms with Gasteiger partial charge in [-0.3, -0.25) is 4.79 Å². The third-order valence-electron chi connectivity index (χ3n) is 1.08. The molecule has 0 aliphatic rings. The highest BCUT2D eigenvalue weighted by atomic mass is 32.2. The summed E-state index contributed by atoms with van der Waals surface area (Å²) >= 11 is 1.07. The summed E-state index contributed by atoms with van der Waals surface area (Å²) in [5, 5.41) is 3.45. The average Bonchev–Trinajstić information content (AvgIpc) is 2.57. The molecular weight excluding hydrogens is 176 g/mol. The van der Waals surface area contributed by atoms with E-state index in [0.717, 1.165) is 11.8 Å². The van der Waals surface area contributed by atoms with Crippen molar-refractivity contribution >= 4 is 23.2 Å². The third-order valence-corrected chi connectivity index (χ3v) is 1.54. The van der Waals surface area contributed by atoms with Gasteiger partial charge >= 0.3 is 0 Å². The summed E-state index contributed by atoms with van der Waals surface area (Å²) in [5.41, 5.74) is 2.30. The highest BCUT2D eigenvalue weighted by Crippen LogP contribution is 1.95. The molecule has 0 spiro atoms. The van der Waals surface area contributed by atoms with Crippen molar-refractivity contribution in [3.63, 3.8) is 0 Å². The van der Waals surface area contributed by atoms with E-state index in [2.05, 4.69) is 10.5 Å². The Labute approximate surface area is 74.0 Å². The van der Waals surface area contributed by atoms with Crippen LogP contribution in [0.5, 0.6) is 0 Å². The van der Waals surface area contributed by atoms with Gasteiger partial charge in [0.1, 0.15) is 5.76 Å². The van der Waals surface area contributed by atoms with Gasteiger partial charge in [0.15, 0.2) is 0 Å². The molecule has 0 saturated carbocycles. The average molecular weight is 184 g/mol. The van der Waals surface area contributed by atoms with Crippen molar-refractivity contribution in [2.75, 3.05) is 6.26 Å². The molecule has 1 heterocycles. The smallest absolute Gasteiger partial charge is 0.298 e. The summed E-state index contributed by atoms with van der Waals surface area (Å²) in [5.74, 6) is 0.608. The van der Waals surface area contributed by atoms with E-state index in [0.29, 0.717) is 5.76 Å². The van der Waals surface area contributed by atoms with Gasteiger partial charge in [-0.05, 0) is 18.4 Å². The minimum Gasteiger partial charge on any atom is -0.463 e. The Morgan fingerprint density at radius 3 is 3.25 bits per heavy atom. The number of nitrogens with zero attached hydrogens (tertiary/aromatic N) is 1. The lowest BCUT2D eigenvalue weighted by Crippen LogP contribution is -2.10. The first kappa shape index (κ1) is 8.86. The summed E-state index contributed by atoms with van der Waals surface area (Å²) in [4.78, 5) is 10.6. The number of carbonyl (C=O) groups is 1. The molecule has 0 aliphatic heterocycles. The van der Waals surface area contributed by atoms with E-state index in [-0.39, 0.29) is 5.24 Å². The predicted molar refractivity (Wildman–Crippen MR) is 48.3 cm³/mol. The van der Waals surface area contributed by atoms with Crippen LogP contribution in [0.25, 0.3) is 0 Å². The highest BCUT2D eigenvalue weighted by Gasteiger charge is 1.92. The molecule has 0 radical (unpaired) electrons. The summed E-state index contributed by atoms with van der Waals surface area (Å²) in [6.07, 6.45) is 4.66. The van der Waals surface area contributed by atoms with Crippen LogP contribution >= 0.6 is 11.8 Å². The van der Waals surface area contributed by atoms with Gasteiger partial charge in [0.2, 0.25) is 0 Å². The van der Waals surface area contributed by atoms with Crippen molar-refractivity contribution in [1.29, 1.82) is 0 Å². The minimum absolute atomic E-state index is 0.196. The zero-order valence-corrected chi connectivity index (χ0v) is 7.30. The van der Waals surface area contributed by atoms with Crippen LogP contribution in [0.4, 0.5) is 4.79 Å². The van der Waals surface area contributed by atoms with Gasteiger partial charge in [0.25, 0.3) is 5.24 Å². The lowest BCUT2D eigenvalue weighted by atomic mass is 10.5. The van der Waals surface area contributed by atoms with Crippen LogP contribution in [0.1, 0.15) is 5.76 Å². The Morgan fingerprint density at radius 1 is 1.83 bits per heavy atom. The molecule has 12 heavy (non-hydrogen) atoms. The summed E-state index contributed by atoms with van der Waals surface area (Å²) in [6.45, 7) is 0. The maximum Gasteiger partial charge on any atom is 0.298 e. The summed E-state index contributed by atoms with van der Waals surface area (Å²) in [6, 6.07) is 3.49. The zero-order chi connectivity index (χ0) is 8.81. The quantitative estimate of drug-likeness (QED) is 0.562. The molecule has 64 valence electrons. The molecule has 1 amide bonds. The van der Waals surface area contributed by atoms with Gasteiger partial charge in [-0.1, -0.05) is 11.8 Å². The highest BCUT2D eigenvalue weighted by molar-refractivity contribution is 8.12. The van der Waals surface area contributed by atoms with E-state index < -0.39 is 0 Å². The summed E-state index contributed by atoms with van der Waals surface area (Å²) < 4.78 is 4.94. The van der Waals surface area contributed by atoms with Crippen molar-refractivity contribution in [3.8, 4) is 0 Å². The topological polar surface area (TPSA) is 54.6 Å². The Bertz CT molecular complexity index is 269. The maximum absolute atomic E-state index is 10.6. The maximum atomic E-state index is 10.6. The van der Waals surface area contributed by atoms with Crippen molar-refractivity contribution in [3.05, 3.63) is 24.2 Å². The van der Waals surface area contributed by atoms with Gasteiger partial charge in [0, 0.05) is 0 Å². The van der Waals surface area contributed by atoms with Crippen molar-refractivity contribution in [1.82, 2.24) is 5.43 Å². The zero-order valence-electron chi connectivity index (χ0n) is 6.48. The molecule has 0 atom stereocenters. The first-order chi connectivity index (χ1) is 5.83. The molecule has 0 saturated heterocycles. The third kappa shape index (κ3) is 2.79. The van der Waals surface area contributed by atoms with E-state index >= 15 is 0 Å².